The molecule has 0 radical (unpaired) electrons. The number of halogens is 3. The number of hydrogen-bond acceptors (Lipinski definition) is 5. The number of methoxy groups -OCH3 is 2. The maximum atomic E-state index is 13.5. The zero-order valence-electron chi connectivity index (χ0n) is 19.1. The van der Waals surface area contributed by atoms with E-state index in [1.54, 1.807) is 19.1 Å². The van der Waals surface area contributed by atoms with Gasteiger partial charge in [0.2, 0.25) is 5.91 Å². The molecule has 0 bridgehead atoms. The van der Waals surface area contributed by atoms with Gasteiger partial charge in [0.05, 0.1) is 30.4 Å². The van der Waals surface area contributed by atoms with Gasteiger partial charge in [0.15, 0.2) is 11.5 Å². The van der Waals surface area contributed by atoms with Crippen molar-refractivity contribution in [2.24, 2.45) is 0 Å². The van der Waals surface area contributed by atoms with Gasteiger partial charge in [0.1, 0.15) is 6.54 Å². The fourth-order valence-electron chi connectivity index (χ4n) is 3.21. The zero-order chi connectivity index (χ0) is 25.8. The van der Waals surface area contributed by atoms with E-state index < -0.39 is 34.2 Å². The highest BCUT2D eigenvalue weighted by molar-refractivity contribution is 7.92. The van der Waals surface area contributed by atoms with Crippen LogP contribution < -0.4 is 19.1 Å². The van der Waals surface area contributed by atoms with Crippen LogP contribution in [0.25, 0.3) is 0 Å². The quantitative estimate of drug-likeness (QED) is 0.470. The van der Waals surface area contributed by atoms with E-state index in [4.69, 9.17) is 9.47 Å². The highest BCUT2D eigenvalue weighted by atomic mass is 32.2. The standard InChI is InChI=1S/C24H23F3N2O5S/c1-16-4-11-20(12-5-16)35(31,32)29(19-10-13-21(33-2)22(14-19)34-3)15-23(30)28-18-8-6-17(7-9-18)24(25,26)27/h4-14H,15H2,1-3H3,(H,28,30). The topological polar surface area (TPSA) is 84.9 Å². The summed E-state index contributed by atoms with van der Waals surface area (Å²) in [5.41, 5.74) is 0.194. The fourth-order valence-corrected chi connectivity index (χ4v) is 4.62. The van der Waals surface area contributed by atoms with Gasteiger partial charge in [-0.3, -0.25) is 9.10 Å². The maximum Gasteiger partial charge on any atom is 0.416 e. The van der Waals surface area contributed by atoms with Crippen LogP contribution in [0.1, 0.15) is 11.1 Å². The van der Waals surface area contributed by atoms with E-state index in [1.807, 2.05) is 0 Å². The van der Waals surface area contributed by atoms with Crippen molar-refractivity contribution in [2.45, 2.75) is 18.0 Å². The monoisotopic (exact) mass is 508 g/mol. The van der Waals surface area contributed by atoms with Crippen LogP contribution in [-0.4, -0.2) is 35.1 Å². The number of ether oxygens (including phenoxy) is 2. The first kappa shape index (κ1) is 25.9. The van der Waals surface area contributed by atoms with E-state index in [0.717, 1.165) is 34.1 Å². The number of nitrogens with one attached hydrogen (secondary N) is 1. The number of carbonyl (C=O) groups excluding carboxylic acids is 1. The van der Waals surface area contributed by atoms with Crippen molar-refractivity contribution >= 4 is 27.3 Å². The number of carbonyl (C=O) groups is 1. The Labute approximate surface area is 201 Å². The summed E-state index contributed by atoms with van der Waals surface area (Å²) in [7, 11) is -1.39. The number of sulfonamides is 1. The van der Waals surface area contributed by atoms with Crippen molar-refractivity contribution in [1.29, 1.82) is 0 Å². The van der Waals surface area contributed by atoms with E-state index in [2.05, 4.69) is 5.32 Å². The number of anilines is 2. The minimum atomic E-state index is -4.52. The molecule has 3 aromatic carbocycles. The lowest BCUT2D eigenvalue weighted by Gasteiger charge is -2.25. The van der Waals surface area contributed by atoms with Crippen LogP contribution in [-0.2, 0) is 21.0 Å². The lowest BCUT2D eigenvalue weighted by molar-refractivity contribution is -0.137. The normalized spacial score (nSPS) is 11.6. The summed E-state index contributed by atoms with van der Waals surface area (Å²) in [5, 5.41) is 2.44. The van der Waals surface area contributed by atoms with Crippen LogP contribution in [0.3, 0.4) is 0 Å². The first-order valence-electron chi connectivity index (χ1n) is 10.2. The molecule has 0 unspecified atom stereocenters. The summed E-state index contributed by atoms with van der Waals surface area (Å²) in [6, 6.07) is 14.3. The number of alkyl halides is 3. The van der Waals surface area contributed by atoms with E-state index in [0.29, 0.717) is 5.75 Å². The largest absolute Gasteiger partial charge is 0.493 e. The molecule has 0 heterocycles. The molecular formula is C24H23F3N2O5S. The van der Waals surface area contributed by atoms with Gasteiger partial charge in [0, 0.05) is 11.8 Å². The third kappa shape index (κ3) is 6.04. The number of hydrogen-bond donors (Lipinski definition) is 1. The highest BCUT2D eigenvalue weighted by Gasteiger charge is 2.31. The molecule has 0 aliphatic rings. The Morgan fingerprint density at radius 3 is 2.06 bits per heavy atom. The molecule has 1 amide bonds. The van der Waals surface area contributed by atoms with Gasteiger partial charge in [-0.25, -0.2) is 8.42 Å². The lowest BCUT2D eigenvalue weighted by atomic mass is 10.2. The van der Waals surface area contributed by atoms with E-state index >= 15 is 0 Å². The Kier molecular flexibility index (Phi) is 7.59. The molecule has 186 valence electrons. The van der Waals surface area contributed by atoms with Crippen LogP contribution in [0.15, 0.2) is 71.6 Å². The molecule has 0 fully saturated rings. The maximum absolute atomic E-state index is 13.5. The predicted octanol–water partition coefficient (Wildman–Crippen LogP) is 4.87. The first-order valence-corrected chi connectivity index (χ1v) is 11.7. The van der Waals surface area contributed by atoms with Crippen molar-refractivity contribution < 1.29 is 35.9 Å². The second-order valence-corrected chi connectivity index (χ2v) is 9.35. The number of rotatable bonds is 8. The van der Waals surface area contributed by atoms with Crippen LogP contribution >= 0.6 is 0 Å². The van der Waals surface area contributed by atoms with Crippen molar-refractivity contribution in [3.8, 4) is 11.5 Å². The molecule has 0 aromatic heterocycles. The molecular weight excluding hydrogens is 485 g/mol. The second-order valence-electron chi connectivity index (χ2n) is 7.49. The summed E-state index contributed by atoms with van der Waals surface area (Å²) in [6.45, 7) is 1.16. The van der Waals surface area contributed by atoms with Gasteiger partial charge in [-0.05, 0) is 55.5 Å². The van der Waals surface area contributed by atoms with E-state index in [-0.39, 0.29) is 22.0 Å². The third-order valence-electron chi connectivity index (χ3n) is 5.05. The van der Waals surface area contributed by atoms with Crippen LogP contribution in [0.2, 0.25) is 0 Å². The predicted molar refractivity (Wildman–Crippen MR) is 125 cm³/mol. The van der Waals surface area contributed by atoms with E-state index in [1.165, 1.54) is 44.6 Å². The molecule has 3 rings (SSSR count). The molecule has 1 N–H and O–H groups in total. The van der Waals surface area contributed by atoms with Gasteiger partial charge in [-0.2, -0.15) is 13.2 Å². The zero-order valence-corrected chi connectivity index (χ0v) is 19.9. The van der Waals surface area contributed by atoms with Gasteiger partial charge in [-0.15, -0.1) is 0 Å². The summed E-state index contributed by atoms with van der Waals surface area (Å²) < 4.78 is 76.7. The molecule has 7 nitrogen and oxygen atoms in total. The molecule has 0 saturated heterocycles. The smallest absolute Gasteiger partial charge is 0.416 e. The second kappa shape index (κ2) is 10.3. The Balaban J connectivity index is 1.95. The first-order chi connectivity index (χ1) is 16.5. The molecule has 0 aliphatic heterocycles. The minimum Gasteiger partial charge on any atom is -0.493 e. The Morgan fingerprint density at radius 1 is 0.914 bits per heavy atom. The highest BCUT2D eigenvalue weighted by Crippen LogP contribution is 2.34. The van der Waals surface area contributed by atoms with Crippen LogP contribution in [0.5, 0.6) is 11.5 Å². The number of aryl methyl sites for hydroxylation is 1. The van der Waals surface area contributed by atoms with Crippen LogP contribution in [0, 0.1) is 6.92 Å². The van der Waals surface area contributed by atoms with Gasteiger partial charge in [0.25, 0.3) is 10.0 Å². The minimum absolute atomic E-state index is 0.0415. The number of amides is 1. The summed E-state index contributed by atoms with van der Waals surface area (Å²) >= 11 is 0. The van der Waals surface area contributed by atoms with Crippen molar-refractivity contribution in [3.63, 3.8) is 0 Å². The summed E-state index contributed by atoms with van der Waals surface area (Å²) in [5.74, 6) is -0.148. The lowest BCUT2D eigenvalue weighted by Crippen LogP contribution is -2.38. The molecule has 0 saturated carbocycles. The Morgan fingerprint density at radius 2 is 1.51 bits per heavy atom. The van der Waals surface area contributed by atoms with Gasteiger partial charge >= 0.3 is 6.18 Å². The Bertz CT molecular complexity index is 1290. The molecule has 11 heteroatoms. The molecule has 35 heavy (non-hydrogen) atoms. The molecule has 0 atom stereocenters. The van der Waals surface area contributed by atoms with Gasteiger partial charge < -0.3 is 14.8 Å². The van der Waals surface area contributed by atoms with Crippen molar-refractivity contribution in [2.75, 3.05) is 30.4 Å². The Hall–Kier alpha value is -3.73. The fraction of sp³-hybridized carbons (Fsp3) is 0.208. The van der Waals surface area contributed by atoms with Crippen molar-refractivity contribution in [1.82, 2.24) is 0 Å². The third-order valence-corrected chi connectivity index (χ3v) is 6.84. The van der Waals surface area contributed by atoms with Gasteiger partial charge in [-0.1, -0.05) is 17.7 Å². The SMILES string of the molecule is COc1ccc(N(CC(=O)Nc2ccc(C(F)(F)F)cc2)S(=O)(=O)c2ccc(C)cc2)cc1OC. The van der Waals surface area contributed by atoms with Crippen molar-refractivity contribution in [3.05, 3.63) is 77.9 Å². The summed E-state index contributed by atoms with van der Waals surface area (Å²) in [6.07, 6.45) is -4.52. The average molecular weight is 509 g/mol. The molecule has 3 aromatic rings. The molecule has 0 spiro atoms. The number of benzene rings is 3. The van der Waals surface area contributed by atoms with E-state index in [9.17, 15) is 26.4 Å². The summed E-state index contributed by atoms with van der Waals surface area (Å²) in [4.78, 5) is 12.8. The number of nitrogens with zero attached hydrogens (tertiary/aromatic N) is 1. The van der Waals surface area contributed by atoms with Crippen LogP contribution in [0.4, 0.5) is 24.5 Å². The average Bonchev–Trinajstić information content (AvgIpc) is 2.82. The molecule has 0 aliphatic carbocycles.